The van der Waals surface area contributed by atoms with E-state index in [1.807, 2.05) is 0 Å². The van der Waals surface area contributed by atoms with Gasteiger partial charge in [-0.05, 0) is 12.8 Å². The molecule has 5 nitrogen and oxygen atoms in total. The van der Waals surface area contributed by atoms with Gasteiger partial charge in [0.15, 0.2) is 5.65 Å². The van der Waals surface area contributed by atoms with Crippen LogP contribution < -0.4 is 0 Å². The topological polar surface area (TPSA) is 60.8 Å². The van der Waals surface area contributed by atoms with Crippen molar-refractivity contribution in [1.82, 2.24) is 19.9 Å². The molecule has 0 aliphatic carbocycles. The van der Waals surface area contributed by atoms with Gasteiger partial charge >= 0.3 is 0 Å². The summed E-state index contributed by atoms with van der Waals surface area (Å²) in [4.78, 5) is 17.2. The molecular formula is C11H12N4O. The molecule has 3 rings (SSSR count). The lowest BCUT2D eigenvalue weighted by Gasteiger charge is -2.20. The van der Waals surface area contributed by atoms with Gasteiger partial charge in [-0.1, -0.05) is 0 Å². The van der Waals surface area contributed by atoms with Crippen molar-refractivity contribution in [2.24, 2.45) is 0 Å². The van der Waals surface area contributed by atoms with Crippen molar-refractivity contribution in [3.8, 4) is 0 Å². The quantitative estimate of drug-likeness (QED) is 0.719. The summed E-state index contributed by atoms with van der Waals surface area (Å²) in [6, 6.07) is 0. The number of aromatic nitrogens is 4. The number of hydrogen-bond donors (Lipinski definition) is 0. The molecule has 16 heavy (non-hydrogen) atoms. The molecule has 0 atom stereocenters. The van der Waals surface area contributed by atoms with Crippen LogP contribution in [0.5, 0.6) is 0 Å². The van der Waals surface area contributed by atoms with Gasteiger partial charge in [0, 0.05) is 31.5 Å². The van der Waals surface area contributed by atoms with E-state index in [1.165, 1.54) is 0 Å². The van der Waals surface area contributed by atoms with Crippen molar-refractivity contribution >= 4 is 11.2 Å². The largest absolute Gasteiger partial charge is 0.381 e. The van der Waals surface area contributed by atoms with Gasteiger partial charge in [0.1, 0.15) is 11.3 Å². The minimum absolute atomic E-state index is 0.403. The van der Waals surface area contributed by atoms with Gasteiger partial charge in [0.2, 0.25) is 0 Å². The van der Waals surface area contributed by atoms with Crippen molar-refractivity contribution in [3.63, 3.8) is 0 Å². The van der Waals surface area contributed by atoms with Crippen LogP contribution in [0.15, 0.2) is 18.6 Å². The van der Waals surface area contributed by atoms with Crippen LogP contribution in [0.25, 0.3) is 11.2 Å². The summed E-state index contributed by atoms with van der Waals surface area (Å²) in [7, 11) is 0. The number of nitrogens with zero attached hydrogens (tertiary/aromatic N) is 4. The Kier molecular flexibility index (Phi) is 2.46. The third kappa shape index (κ3) is 1.74. The maximum absolute atomic E-state index is 5.33. The van der Waals surface area contributed by atoms with E-state index in [-0.39, 0.29) is 0 Å². The molecule has 0 bridgehead atoms. The second-order valence-electron chi connectivity index (χ2n) is 3.88. The van der Waals surface area contributed by atoms with Crippen molar-refractivity contribution < 1.29 is 4.74 Å². The molecule has 1 aliphatic rings. The highest BCUT2D eigenvalue weighted by Gasteiger charge is 2.18. The van der Waals surface area contributed by atoms with Crippen LogP contribution in [0.3, 0.4) is 0 Å². The Morgan fingerprint density at radius 2 is 1.88 bits per heavy atom. The molecule has 0 spiro atoms. The Labute approximate surface area is 92.9 Å². The van der Waals surface area contributed by atoms with Crippen LogP contribution in [0.1, 0.15) is 24.6 Å². The predicted octanol–water partition coefficient (Wildman–Crippen LogP) is 1.31. The van der Waals surface area contributed by atoms with Gasteiger partial charge in [0.25, 0.3) is 0 Å². The molecule has 0 saturated carbocycles. The molecule has 0 amide bonds. The zero-order chi connectivity index (χ0) is 10.8. The summed E-state index contributed by atoms with van der Waals surface area (Å²) in [6.07, 6.45) is 7.04. The minimum Gasteiger partial charge on any atom is -0.381 e. The molecule has 3 heterocycles. The van der Waals surface area contributed by atoms with E-state index in [1.54, 1.807) is 18.6 Å². The highest BCUT2D eigenvalue weighted by atomic mass is 16.5. The number of hydrogen-bond acceptors (Lipinski definition) is 5. The fraction of sp³-hybridized carbons (Fsp3) is 0.455. The summed E-state index contributed by atoms with van der Waals surface area (Å²) >= 11 is 0. The van der Waals surface area contributed by atoms with Crippen LogP contribution in [0.4, 0.5) is 0 Å². The maximum atomic E-state index is 5.33. The van der Waals surface area contributed by atoms with Gasteiger partial charge in [-0.15, -0.1) is 0 Å². The first-order chi connectivity index (χ1) is 7.93. The van der Waals surface area contributed by atoms with Crippen LogP contribution in [-0.2, 0) is 4.74 Å². The Morgan fingerprint density at radius 1 is 1.06 bits per heavy atom. The standard InChI is InChI=1S/C11H12N4O/c1-5-16-6-2-8(1)10-14-7-9-11(15-10)13-4-3-12-9/h3-4,7-8H,1-2,5-6H2. The Bertz CT molecular complexity index is 496. The van der Waals surface area contributed by atoms with E-state index < -0.39 is 0 Å². The Balaban J connectivity index is 1.97. The van der Waals surface area contributed by atoms with Gasteiger partial charge in [-0.2, -0.15) is 0 Å². The average molecular weight is 216 g/mol. The summed E-state index contributed by atoms with van der Waals surface area (Å²) in [5, 5.41) is 0. The first-order valence-electron chi connectivity index (χ1n) is 5.45. The fourth-order valence-electron chi connectivity index (χ4n) is 1.94. The number of ether oxygens (including phenoxy) is 1. The molecule has 1 fully saturated rings. The Hall–Kier alpha value is -1.62. The predicted molar refractivity (Wildman–Crippen MR) is 57.9 cm³/mol. The average Bonchev–Trinajstić information content (AvgIpc) is 2.39. The van der Waals surface area contributed by atoms with Gasteiger partial charge in [0.05, 0.1) is 6.20 Å². The van der Waals surface area contributed by atoms with E-state index in [0.717, 1.165) is 37.4 Å². The smallest absolute Gasteiger partial charge is 0.181 e. The molecule has 0 radical (unpaired) electrons. The van der Waals surface area contributed by atoms with Gasteiger partial charge < -0.3 is 4.74 Å². The van der Waals surface area contributed by atoms with Crippen LogP contribution in [-0.4, -0.2) is 33.1 Å². The molecule has 5 heteroatoms. The van der Waals surface area contributed by atoms with Crippen molar-refractivity contribution in [1.29, 1.82) is 0 Å². The van der Waals surface area contributed by atoms with Crippen LogP contribution in [0.2, 0.25) is 0 Å². The van der Waals surface area contributed by atoms with E-state index in [0.29, 0.717) is 11.6 Å². The highest BCUT2D eigenvalue weighted by molar-refractivity contribution is 5.67. The van der Waals surface area contributed by atoms with E-state index in [9.17, 15) is 0 Å². The molecular weight excluding hydrogens is 204 g/mol. The molecule has 2 aromatic heterocycles. The van der Waals surface area contributed by atoms with Crippen molar-refractivity contribution in [2.75, 3.05) is 13.2 Å². The summed E-state index contributed by atoms with van der Waals surface area (Å²) in [5.41, 5.74) is 1.43. The fourth-order valence-corrected chi connectivity index (χ4v) is 1.94. The zero-order valence-electron chi connectivity index (χ0n) is 8.83. The normalized spacial score (nSPS) is 17.8. The van der Waals surface area contributed by atoms with E-state index >= 15 is 0 Å². The molecule has 2 aromatic rings. The summed E-state index contributed by atoms with van der Waals surface area (Å²) < 4.78 is 5.33. The van der Waals surface area contributed by atoms with Crippen LogP contribution >= 0.6 is 0 Å². The number of rotatable bonds is 1. The molecule has 82 valence electrons. The van der Waals surface area contributed by atoms with Crippen LogP contribution in [0, 0.1) is 0 Å². The first-order valence-corrected chi connectivity index (χ1v) is 5.45. The van der Waals surface area contributed by atoms with E-state index in [4.69, 9.17) is 4.74 Å². The molecule has 1 aliphatic heterocycles. The molecule has 1 saturated heterocycles. The third-order valence-electron chi connectivity index (χ3n) is 2.83. The minimum atomic E-state index is 0.403. The van der Waals surface area contributed by atoms with Gasteiger partial charge in [-0.25, -0.2) is 19.9 Å². The van der Waals surface area contributed by atoms with Crippen molar-refractivity contribution in [3.05, 3.63) is 24.4 Å². The third-order valence-corrected chi connectivity index (χ3v) is 2.83. The molecule has 0 aromatic carbocycles. The number of fused-ring (bicyclic) bond motifs is 1. The second-order valence-corrected chi connectivity index (χ2v) is 3.88. The maximum Gasteiger partial charge on any atom is 0.181 e. The summed E-state index contributed by atoms with van der Waals surface area (Å²) in [6.45, 7) is 1.60. The Morgan fingerprint density at radius 3 is 2.75 bits per heavy atom. The lowest BCUT2D eigenvalue weighted by Crippen LogP contribution is -2.16. The van der Waals surface area contributed by atoms with Gasteiger partial charge in [-0.3, -0.25) is 0 Å². The monoisotopic (exact) mass is 216 g/mol. The summed E-state index contributed by atoms with van der Waals surface area (Å²) in [5.74, 6) is 1.27. The lowest BCUT2D eigenvalue weighted by atomic mass is 9.99. The second kappa shape index (κ2) is 4.09. The molecule has 0 unspecified atom stereocenters. The van der Waals surface area contributed by atoms with Crippen molar-refractivity contribution in [2.45, 2.75) is 18.8 Å². The first kappa shape index (κ1) is 9.59. The molecule has 0 N–H and O–H groups in total. The highest BCUT2D eigenvalue weighted by Crippen LogP contribution is 2.24. The SMILES string of the molecule is c1cnc2nc(C3CCOCC3)ncc2n1. The van der Waals surface area contributed by atoms with E-state index in [2.05, 4.69) is 19.9 Å². The lowest BCUT2D eigenvalue weighted by molar-refractivity contribution is 0.0836. The zero-order valence-corrected chi connectivity index (χ0v) is 8.83.